The van der Waals surface area contributed by atoms with E-state index in [0.717, 1.165) is 29.6 Å². The van der Waals surface area contributed by atoms with Crippen LogP contribution >= 0.6 is 0 Å². The maximum atomic E-state index is 2.51. The van der Waals surface area contributed by atoms with Crippen LogP contribution in [0.25, 0.3) is 66.1 Å². The van der Waals surface area contributed by atoms with E-state index in [2.05, 4.69) is 130 Å². The Morgan fingerprint density at radius 1 is 0.478 bits per heavy atom. The van der Waals surface area contributed by atoms with E-state index >= 15 is 0 Å². The number of hydrogen-bond donors (Lipinski definition) is 0. The molecule has 0 aromatic heterocycles. The van der Waals surface area contributed by atoms with Gasteiger partial charge in [-0.3, -0.25) is 0 Å². The molecule has 0 radical (unpaired) electrons. The van der Waals surface area contributed by atoms with Crippen molar-refractivity contribution >= 4 is 21.5 Å². The van der Waals surface area contributed by atoms with Crippen molar-refractivity contribution in [3.8, 4) is 44.5 Å². The molecule has 0 atom stereocenters. The molecule has 6 aromatic carbocycles. The Hall–Kier alpha value is -4.16. The van der Waals surface area contributed by atoms with Crippen LogP contribution in [0.15, 0.2) is 109 Å². The number of rotatable bonds is 3. The first-order valence-corrected chi connectivity index (χ1v) is 17.7. The largest absolute Gasteiger partial charge is 0.0616 e. The lowest BCUT2D eigenvalue weighted by Crippen LogP contribution is -2.43. The van der Waals surface area contributed by atoms with Gasteiger partial charge in [0, 0.05) is 0 Å². The van der Waals surface area contributed by atoms with E-state index in [9.17, 15) is 0 Å². The van der Waals surface area contributed by atoms with Gasteiger partial charge in [-0.1, -0.05) is 124 Å². The minimum absolute atomic E-state index is 0.155. The Kier molecular flexibility index (Phi) is 5.68. The molecule has 0 saturated heterocycles. The van der Waals surface area contributed by atoms with E-state index in [1.807, 2.05) is 0 Å². The molecule has 0 spiro atoms. The Morgan fingerprint density at radius 2 is 1.09 bits per heavy atom. The van der Waals surface area contributed by atoms with Gasteiger partial charge in [0.05, 0.1) is 0 Å². The summed E-state index contributed by atoms with van der Waals surface area (Å²) in [6.07, 6.45) is 7.42. The van der Waals surface area contributed by atoms with Gasteiger partial charge >= 0.3 is 0 Å². The van der Waals surface area contributed by atoms with E-state index in [1.54, 1.807) is 5.56 Å². The first kappa shape index (κ1) is 27.0. The zero-order valence-corrected chi connectivity index (χ0v) is 27.3. The third kappa shape index (κ3) is 3.92. The van der Waals surface area contributed by atoms with Crippen molar-refractivity contribution in [1.29, 1.82) is 0 Å². The normalized spacial score (nSPS) is 24.2. The van der Waals surface area contributed by atoms with Gasteiger partial charge in [-0.2, -0.15) is 0 Å². The fourth-order valence-corrected chi connectivity index (χ4v) is 10.7. The minimum Gasteiger partial charge on any atom is -0.0616 e. The standard InChI is InChI=1S/C46H42/c1-46(2,3)35-18-15-29(16-19-35)32-17-20-39-41(26-32)38-9-6-10-40-43(36-7-4-5-8-37(36)44(39)45(38)40)31-13-11-30(12-14-31)42-33-22-27-21-28(24-33)25-34(42)23-27/h4-20,26-28,33-34,42H,21-25H2,1-3H3. The molecule has 0 unspecified atom stereocenters. The van der Waals surface area contributed by atoms with Crippen LogP contribution in [0.1, 0.15) is 69.9 Å². The second-order valence-electron chi connectivity index (χ2n) is 16.2. The second kappa shape index (κ2) is 9.68. The summed E-state index contributed by atoms with van der Waals surface area (Å²) in [5, 5.41) is 5.51. The highest BCUT2D eigenvalue weighted by Crippen LogP contribution is 2.60. The molecule has 4 saturated carbocycles. The van der Waals surface area contributed by atoms with Crippen LogP contribution in [0.2, 0.25) is 0 Å². The minimum atomic E-state index is 0.155. The molecule has 0 nitrogen and oxygen atoms in total. The van der Waals surface area contributed by atoms with Crippen molar-refractivity contribution in [2.75, 3.05) is 0 Å². The van der Waals surface area contributed by atoms with Gasteiger partial charge in [-0.05, 0) is 150 Å². The topological polar surface area (TPSA) is 0 Å². The van der Waals surface area contributed by atoms with Crippen molar-refractivity contribution < 1.29 is 0 Å². The highest BCUT2D eigenvalue weighted by atomic mass is 14.5. The zero-order chi connectivity index (χ0) is 30.7. The van der Waals surface area contributed by atoms with Gasteiger partial charge in [0.2, 0.25) is 0 Å². The molecule has 0 N–H and O–H groups in total. The van der Waals surface area contributed by atoms with E-state index in [1.165, 1.54) is 104 Å². The van der Waals surface area contributed by atoms with E-state index in [-0.39, 0.29) is 5.41 Å². The number of benzene rings is 6. The van der Waals surface area contributed by atoms with Crippen molar-refractivity contribution in [2.45, 2.75) is 64.2 Å². The van der Waals surface area contributed by atoms with E-state index in [0.29, 0.717) is 0 Å². The van der Waals surface area contributed by atoms with Gasteiger partial charge in [-0.15, -0.1) is 0 Å². The van der Waals surface area contributed by atoms with Gasteiger partial charge in [0.1, 0.15) is 0 Å². The summed E-state index contributed by atoms with van der Waals surface area (Å²) in [6, 6.07) is 42.4. The number of fused-ring (bicyclic) bond motifs is 5. The molecule has 4 bridgehead atoms. The summed E-state index contributed by atoms with van der Waals surface area (Å²) in [7, 11) is 0. The van der Waals surface area contributed by atoms with Gasteiger partial charge < -0.3 is 0 Å². The lowest BCUT2D eigenvalue weighted by Gasteiger charge is -2.54. The van der Waals surface area contributed by atoms with Crippen molar-refractivity contribution in [3.63, 3.8) is 0 Å². The molecule has 0 amide bonds. The molecule has 0 heteroatoms. The summed E-state index contributed by atoms with van der Waals surface area (Å²) in [5.74, 6) is 4.65. The lowest BCUT2D eigenvalue weighted by atomic mass is 9.51. The van der Waals surface area contributed by atoms with Crippen LogP contribution < -0.4 is 0 Å². The molecule has 6 aromatic rings. The summed E-state index contributed by atoms with van der Waals surface area (Å²) in [5.41, 5.74) is 13.9. The predicted molar refractivity (Wildman–Crippen MR) is 195 cm³/mol. The molecule has 11 rings (SSSR count). The molecule has 4 fully saturated rings. The molecule has 46 heavy (non-hydrogen) atoms. The van der Waals surface area contributed by atoms with Crippen LogP contribution in [0, 0.1) is 23.7 Å². The average Bonchev–Trinajstić information content (AvgIpc) is 3.40. The molecule has 226 valence electrons. The summed E-state index contributed by atoms with van der Waals surface area (Å²) >= 11 is 0. The molecule has 0 aliphatic heterocycles. The molecule has 5 aliphatic rings. The third-order valence-electron chi connectivity index (χ3n) is 12.5. The maximum absolute atomic E-state index is 2.51. The monoisotopic (exact) mass is 594 g/mol. The molecule has 0 heterocycles. The second-order valence-corrected chi connectivity index (χ2v) is 16.2. The van der Waals surface area contributed by atoms with Crippen molar-refractivity contribution in [1.82, 2.24) is 0 Å². The van der Waals surface area contributed by atoms with Crippen LogP contribution in [-0.2, 0) is 5.41 Å². The van der Waals surface area contributed by atoms with E-state index < -0.39 is 0 Å². The van der Waals surface area contributed by atoms with Crippen molar-refractivity contribution in [3.05, 3.63) is 120 Å². The Bertz CT molecular complexity index is 2140. The Labute approximate surface area is 273 Å². The van der Waals surface area contributed by atoms with E-state index in [4.69, 9.17) is 0 Å². The molecule has 5 aliphatic carbocycles. The average molecular weight is 595 g/mol. The molecular formula is C46H42. The van der Waals surface area contributed by atoms with Crippen LogP contribution in [0.5, 0.6) is 0 Å². The number of hydrogen-bond acceptors (Lipinski definition) is 0. The smallest absolute Gasteiger partial charge is 0.00137 e. The maximum Gasteiger partial charge on any atom is -0.00137 e. The Morgan fingerprint density at radius 3 is 1.76 bits per heavy atom. The van der Waals surface area contributed by atoms with Gasteiger partial charge in [0.25, 0.3) is 0 Å². The van der Waals surface area contributed by atoms with Gasteiger partial charge in [0.15, 0.2) is 0 Å². The van der Waals surface area contributed by atoms with Crippen LogP contribution in [0.3, 0.4) is 0 Å². The summed E-state index contributed by atoms with van der Waals surface area (Å²) in [4.78, 5) is 0. The third-order valence-corrected chi connectivity index (χ3v) is 12.5. The van der Waals surface area contributed by atoms with Gasteiger partial charge in [-0.25, -0.2) is 0 Å². The Balaban J connectivity index is 1.10. The molecular weight excluding hydrogens is 553 g/mol. The summed E-state index contributed by atoms with van der Waals surface area (Å²) in [6.45, 7) is 6.85. The van der Waals surface area contributed by atoms with Crippen LogP contribution in [0.4, 0.5) is 0 Å². The zero-order valence-electron chi connectivity index (χ0n) is 27.3. The highest BCUT2D eigenvalue weighted by molar-refractivity contribution is 6.29. The fraction of sp³-hybridized carbons (Fsp3) is 0.304. The predicted octanol–water partition coefficient (Wildman–Crippen LogP) is 12.8. The quantitative estimate of drug-likeness (QED) is 0.179. The first-order valence-electron chi connectivity index (χ1n) is 17.7. The highest BCUT2D eigenvalue weighted by Gasteiger charge is 2.48. The van der Waals surface area contributed by atoms with Crippen LogP contribution in [-0.4, -0.2) is 0 Å². The summed E-state index contributed by atoms with van der Waals surface area (Å²) < 4.78 is 0. The lowest BCUT2D eigenvalue weighted by molar-refractivity contribution is -0.00277. The SMILES string of the molecule is CC(C)(C)c1ccc(-c2ccc3c(c2)-c2cccc4c(-c5ccc(C6C7CC8CC(C7)CC6C8)cc5)c5ccccc5c-3c24)cc1. The fourth-order valence-electron chi connectivity index (χ4n) is 10.7. The first-order chi connectivity index (χ1) is 22.4. The van der Waals surface area contributed by atoms with Crippen molar-refractivity contribution in [2.24, 2.45) is 23.7 Å².